The highest BCUT2D eigenvalue weighted by molar-refractivity contribution is 6.44. The number of likely N-dealkylation sites (N-methyl/N-ethyl adjacent to an activating group) is 1. The van der Waals surface area contributed by atoms with Crippen molar-refractivity contribution >= 4 is 34.7 Å². The number of anilines is 3. The van der Waals surface area contributed by atoms with E-state index in [1.165, 1.54) is 0 Å². The minimum absolute atomic E-state index is 0.0907. The van der Waals surface area contributed by atoms with Crippen LogP contribution in [0.25, 0.3) is 0 Å². The first-order valence-electron chi connectivity index (χ1n) is 12.1. The molecule has 3 aromatic rings. The maximum Gasteiger partial charge on any atom is 0.268 e. The van der Waals surface area contributed by atoms with Crippen molar-refractivity contribution in [2.45, 2.75) is 25.0 Å². The molecule has 0 fully saturated rings. The maximum absolute atomic E-state index is 13.2. The van der Waals surface area contributed by atoms with Crippen molar-refractivity contribution < 1.29 is 14.7 Å². The normalized spacial score (nSPS) is 14.6. The van der Waals surface area contributed by atoms with E-state index in [1.807, 2.05) is 85.5 Å². The largest absolute Gasteiger partial charge is 0.389 e. The van der Waals surface area contributed by atoms with Crippen molar-refractivity contribution in [3.63, 3.8) is 0 Å². The molecule has 0 spiro atoms. The minimum Gasteiger partial charge on any atom is -0.389 e. The van der Waals surface area contributed by atoms with Crippen LogP contribution in [0.3, 0.4) is 0 Å². The van der Waals surface area contributed by atoms with Crippen molar-refractivity contribution in [1.82, 2.24) is 10.3 Å². The van der Waals surface area contributed by atoms with Crippen LogP contribution in [0, 0.1) is 0 Å². The number of aliphatic hydroxyl groups is 1. The third-order valence-electron chi connectivity index (χ3n) is 6.23. The summed E-state index contributed by atoms with van der Waals surface area (Å²) in [6.45, 7) is 0.292. The predicted octanol–water partition coefficient (Wildman–Crippen LogP) is 2.47. The number of benzene rings is 2. The quantitative estimate of drug-likeness (QED) is 0.444. The Bertz CT molecular complexity index is 1250. The van der Waals surface area contributed by atoms with Gasteiger partial charge in [-0.2, -0.15) is 10.1 Å². The lowest BCUT2D eigenvalue weighted by Crippen LogP contribution is -2.50. The van der Waals surface area contributed by atoms with Gasteiger partial charge in [0, 0.05) is 45.3 Å². The Labute approximate surface area is 217 Å². The number of carbonyl (C=O) groups is 2. The van der Waals surface area contributed by atoms with Gasteiger partial charge in [0.2, 0.25) is 0 Å². The van der Waals surface area contributed by atoms with Gasteiger partial charge < -0.3 is 20.2 Å². The third kappa shape index (κ3) is 6.50. The summed E-state index contributed by atoms with van der Waals surface area (Å²) < 4.78 is 0. The van der Waals surface area contributed by atoms with Crippen molar-refractivity contribution in [3.8, 4) is 0 Å². The molecule has 2 heterocycles. The topological polar surface area (TPSA) is 101 Å². The molecule has 1 aromatic heterocycles. The first-order valence-corrected chi connectivity index (χ1v) is 12.1. The fourth-order valence-corrected chi connectivity index (χ4v) is 4.14. The number of aromatic nitrogens is 1. The van der Waals surface area contributed by atoms with Crippen LogP contribution in [0.1, 0.15) is 12.0 Å². The van der Waals surface area contributed by atoms with Crippen LogP contribution in [-0.4, -0.2) is 67.5 Å². The number of carbonyl (C=O) groups excluding carboxylic acids is 2. The molecule has 2 aromatic carbocycles. The van der Waals surface area contributed by atoms with Crippen molar-refractivity contribution in [2.24, 2.45) is 5.10 Å². The van der Waals surface area contributed by atoms with Gasteiger partial charge in [0.1, 0.15) is 5.71 Å². The van der Waals surface area contributed by atoms with Crippen LogP contribution in [0.5, 0.6) is 0 Å². The molecule has 1 aliphatic rings. The zero-order chi connectivity index (χ0) is 26.4. The first-order chi connectivity index (χ1) is 17.8. The Morgan fingerprint density at radius 3 is 2.46 bits per heavy atom. The molecular weight excluding hydrogens is 468 g/mol. The number of pyridine rings is 1. The Morgan fingerprint density at radius 1 is 1.03 bits per heavy atom. The van der Waals surface area contributed by atoms with E-state index in [4.69, 9.17) is 0 Å². The fourth-order valence-electron chi connectivity index (χ4n) is 4.14. The van der Waals surface area contributed by atoms with Crippen LogP contribution in [-0.2, 0) is 16.0 Å². The molecule has 0 bridgehead atoms. The number of rotatable bonds is 10. The van der Waals surface area contributed by atoms with Crippen molar-refractivity contribution in [1.29, 1.82) is 0 Å². The zero-order valence-corrected chi connectivity index (χ0v) is 21.3. The molecule has 192 valence electrons. The van der Waals surface area contributed by atoms with Gasteiger partial charge in [0.15, 0.2) is 5.82 Å². The highest BCUT2D eigenvalue weighted by atomic mass is 16.3. The summed E-state index contributed by atoms with van der Waals surface area (Å²) in [7, 11) is 5.86. The van der Waals surface area contributed by atoms with Gasteiger partial charge in [0.05, 0.1) is 18.6 Å². The van der Waals surface area contributed by atoms with E-state index < -0.39 is 18.1 Å². The lowest BCUT2D eigenvalue weighted by Gasteiger charge is -2.29. The second-order valence-corrected chi connectivity index (χ2v) is 9.25. The van der Waals surface area contributed by atoms with Crippen molar-refractivity contribution in [2.75, 3.05) is 42.5 Å². The van der Waals surface area contributed by atoms with Gasteiger partial charge in [-0.3, -0.25) is 9.59 Å². The Morgan fingerprint density at radius 2 is 1.76 bits per heavy atom. The highest BCUT2D eigenvalue weighted by Crippen LogP contribution is 2.21. The van der Waals surface area contributed by atoms with Gasteiger partial charge in [-0.05, 0) is 42.3 Å². The minimum atomic E-state index is -0.887. The number of amides is 2. The summed E-state index contributed by atoms with van der Waals surface area (Å²) in [6.07, 6.45) is 0.965. The molecule has 0 saturated heterocycles. The van der Waals surface area contributed by atoms with Gasteiger partial charge in [0.25, 0.3) is 11.8 Å². The zero-order valence-electron chi connectivity index (χ0n) is 21.3. The summed E-state index contributed by atoms with van der Waals surface area (Å²) in [6, 6.07) is 22.2. The molecule has 0 unspecified atom stereocenters. The predicted molar refractivity (Wildman–Crippen MR) is 146 cm³/mol. The van der Waals surface area contributed by atoms with Crippen LogP contribution in [0.2, 0.25) is 0 Å². The summed E-state index contributed by atoms with van der Waals surface area (Å²) >= 11 is 0. The number of hydrazone groups is 1. The van der Waals surface area contributed by atoms with Crippen LogP contribution in [0.15, 0.2) is 84.1 Å². The lowest BCUT2D eigenvalue weighted by atomic mass is 10.00. The Hall–Kier alpha value is -4.24. The lowest BCUT2D eigenvalue weighted by molar-refractivity contribution is -0.118. The smallest absolute Gasteiger partial charge is 0.268 e. The first kappa shape index (κ1) is 25.8. The average Bonchev–Trinajstić information content (AvgIpc) is 3.31. The summed E-state index contributed by atoms with van der Waals surface area (Å²) in [5, 5.41) is 19.6. The van der Waals surface area contributed by atoms with E-state index >= 15 is 0 Å². The number of hydrogen-bond acceptors (Lipinski definition) is 7. The molecule has 4 rings (SSSR count). The van der Waals surface area contributed by atoms with E-state index in [2.05, 4.69) is 15.4 Å². The molecule has 2 N–H and O–H groups in total. The third-order valence-corrected chi connectivity index (χ3v) is 6.23. The molecule has 37 heavy (non-hydrogen) atoms. The standard InChI is InChI=1S/C28H32N6O3/c1-32(2)21-12-9-13-22(17-21)33(3)19-25(35)23(16-20-10-5-4-6-11-20)30-28(37)24-18-27(36)34(31-24)26-14-7-8-15-29-26/h4-15,17,23,25,35H,16,18-19H2,1-3H3,(H,30,37)/t23-,25+/m0/s1. The average molecular weight is 501 g/mol. The van der Waals surface area contributed by atoms with E-state index in [0.717, 1.165) is 21.9 Å². The molecule has 9 heteroatoms. The molecule has 2 atom stereocenters. The number of aliphatic hydroxyl groups excluding tert-OH is 1. The molecule has 0 aliphatic carbocycles. The Kier molecular flexibility index (Phi) is 8.15. The van der Waals surface area contributed by atoms with E-state index in [0.29, 0.717) is 18.8 Å². The molecular formula is C28H32N6O3. The molecule has 9 nitrogen and oxygen atoms in total. The monoisotopic (exact) mass is 500 g/mol. The Balaban J connectivity index is 1.50. The molecule has 0 saturated carbocycles. The van der Waals surface area contributed by atoms with Crippen LogP contribution >= 0.6 is 0 Å². The molecule has 1 aliphatic heterocycles. The van der Waals surface area contributed by atoms with Gasteiger partial charge >= 0.3 is 0 Å². The SMILES string of the molecule is CN(C)c1cccc(N(C)C[C@@H](O)[C@H](Cc2ccccc2)NC(=O)C2=NN(c3ccccn3)C(=O)C2)c1. The van der Waals surface area contributed by atoms with Gasteiger partial charge in [-0.1, -0.05) is 42.5 Å². The number of nitrogens with one attached hydrogen (secondary N) is 1. The summed E-state index contributed by atoms with van der Waals surface area (Å²) in [5.74, 6) is -0.453. The van der Waals surface area contributed by atoms with Crippen molar-refractivity contribution in [3.05, 3.63) is 84.6 Å². The van der Waals surface area contributed by atoms with E-state index in [1.54, 1.807) is 24.4 Å². The van der Waals surface area contributed by atoms with E-state index in [-0.39, 0.29) is 18.0 Å². The summed E-state index contributed by atoms with van der Waals surface area (Å²) in [4.78, 5) is 33.8. The number of nitrogens with zero attached hydrogens (tertiary/aromatic N) is 5. The number of hydrogen-bond donors (Lipinski definition) is 2. The van der Waals surface area contributed by atoms with E-state index in [9.17, 15) is 14.7 Å². The van der Waals surface area contributed by atoms with Gasteiger partial charge in [-0.25, -0.2) is 4.98 Å². The van der Waals surface area contributed by atoms with Crippen LogP contribution < -0.4 is 20.1 Å². The second-order valence-electron chi connectivity index (χ2n) is 9.25. The van der Waals surface area contributed by atoms with Gasteiger partial charge in [-0.15, -0.1) is 0 Å². The molecule has 2 amide bonds. The summed E-state index contributed by atoms with van der Waals surface area (Å²) in [5.41, 5.74) is 3.07. The highest BCUT2D eigenvalue weighted by Gasteiger charge is 2.32. The van der Waals surface area contributed by atoms with Crippen LogP contribution in [0.4, 0.5) is 17.2 Å². The second kappa shape index (κ2) is 11.7. The maximum atomic E-state index is 13.2. The fraction of sp³-hybridized carbons (Fsp3) is 0.286. The molecule has 0 radical (unpaired) electrons.